The normalized spacial score (nSPS) is 12.1. The molecular formula is C22H32N4O3. The molecule has 0 radical (unpaired) electrons. The van der Waals surface area contributed by atoms with E-state index in [0.29, 0.717) is 24.1 Å². The van der Waals surface area contributed by atoms with Gasteiger partial charge in [0.2, 0.25) is 5.95 Å². The molecule has 1 heterocycles. The number of allylic oxidation sites excluding steroid dienone is 1. The molecule has 2 aromatic rings. The third-order valence-electron chi connectivity index (χ3n) is 4.55. The van der Waals surface area contributed by atoms with Gasteiger partial charge in [-0.2, -0.15) is 4.98 Å². The number of nitrogens with one attached hydrogen (secondary N) is 1. The van der Waals surface area contributed by atoms with Crippen LogP contribution in [0.1, 0.15) is 38.2 Å². The molecule has 0 aliphatic carbocycles. The van der Waals surface area contributed by atoms with Crippen molar-refractivity contribution in [3.8, 4) is 11.5 Å². The van der Waals surface area contributed by atoms with E-state index in [9.17, 15) is 5.11 Å². The van der Waals surface area contributed by atoms with Gasteiger partial charge in [-0.1, -0.05) is 31.6 Å². The highest BCUT2D eigenvalue weighted by Gasteiger charge is 2.07. The first-order valence-corrected chi connectivity index (χ1v) is 10.1. The summed E-state index contributed by atoms with van der Waals surface area (Å²) in [4.78, 5) is 8.26. The van der Waals surface area contributed by atoms with Gasteiger partial charge < -0.3 is 25.6 Å². The number of aromatic nitrogens is 2. The van der Waals surface area contributed by atoms with Crippen molar-refractivity contribution in [3.05, 3.63) is 48.3 Å². The highest BCUT2D eigenvalue weighted by molar-refractivity contribution is 5.52. The summed E-state index contributed by atoms with van der Waals surface area (Å²) in [5, 5.41) is 12.3. The molecular weight excluding hydrogens is 368 g/mol. The molecule has 2 rings (SSSR count). The van der Waals surface area contributed by atoms with Gasteiger partial charge in [-0.3, -0.25) is 0 Å². The van der Waals surface area contributed by atoms with Gasteiger partial charge in [-0.15, -0.1) is 0 Å². The van der Waals surface area contributed by atoms with Gasteiger partial charge in [-0.05, 0) is 55.5 Å². The van der Waals surface area contributed by atoms with Crippen molar-refractivity contribution < 1.29 is 14.6 Å². The van der Waals surface area contributed by atoms with E-state index in [1.165, 1.54) is 5.56 Å². The maximum atomic E-state index is 9.17. The summed E-state index contributed by atoms with van der Waals surface area (Å²) in [5.41, 5.74) is 6.96. The summed E-state index contributed by atoms with van der Waals surface area (Å²) in [6.45, 7) is 2.85. The number of aryl methyl sites for hydroxylation is 1. The molecule has 0 fully saturated rings. The SMILES string of the molecule is CCC[C@H](/C=C/Nc1nc(N)ncc1OCCCc1ccc(OC)cc1)CCO. The summed E-state index contributed by atoms with van der Waals surface area (Å²) in [5.74, 6) is 2.47. The summed E-state index contributed by atoms with van der Waals surface area (Å²) in [6, 6.07) is 8.03. The summed E-state index contributed by atoms with van der Waals surface area (Å²) < 4.78 is 11.0. The lowest BCUT2D eigenvalue weighted by Gasteiger charge is -2.12. The van der Waals surface area contributed by atoms with Crippen LogP contribution in [-0.4, -0.2) is 35.4 Å². The molecule has 0 aliphatic rings. The topological polar surface area (TPSA) is 103 Å². The van der Waals surface area contributed by atoms with E-state index >= 15 is 0 Å². The Labute approximate surface area is 173 Å². The monoisotopic (exact) mass is 400 g/mol. The molecule has 0 spiro atoms. The van der Waals surface area contributed by atoms with Crippen molar-refractivity contribution in [3.63, 3.8) is 0 Å². The quantitative estimate of drug-likeness (QED) is 0.439. The fraction of sp³-hybridized carbons (Fsp3) is 0.455. The van der Waals surface area contributed by atoms with Gasteiger partial charge in [0.15, 0.2) is 11.6 Å². The van der Waals surface area contributed by atoms with Crippen LogP contribution in [0.15, 0.2) is 42.7 Å². The summed E-state index contributed by atoms with van der Waals surface area (Å²) in [6.07, 6.45) is 10.1. The Morgan fingerprint density at radius 3 is 2.72 bits per heavy atom. The molecule has 0 bridgehead atoms. The van der Waals surface area contributed by atoms with Gasteiger partial charge in [0.25, 0.3) is 0 Å². The highest BCUT2D eigenvalue weighted by atomic mass is 16.5. The van der Waals surface area contributed by atoms with Crippen LogP contribution in [0.4, 0.5) is 11.8 Å². The fourth-order valence-electron chi connectivity index (χ4n) is 2.98. The van der Waals surface area contributed by atoms with Crippen molar-refractivity contribution in [1.29, 1.82) is 0 Å². The second-order valence-electron chi connectivity index (χ2n) is 6.81. The van der Waals surface area contributed by atoms with E-state index in [1.54, 1.807) is 13.3 Å². The largest absolute Gasteiger partial charge is 0.497 e. The number of aliphatic hydroxyl groups is 1. The van der Waals surface area contributed by atoms with E-state index in [2.05, 4.69) is 34.3 Å². The number of methoxy groups -OCH3 is 1. The third-order valence-corrected chi connectivity index (χ3v) is 4.55. The lowest BCUT2D eigenvalue weighted by Crippen LogP contribution is -2.06. The number of nitrogens with two attached hydrogens (primary N) is 1. The van der Waals surface area contributed by atoms with Crippen LogP contribution in [0.3, 0.4) is 0 Å². The van der Waals surface area contributed by atoms with Crippen LogP contribution in [0, 0.1) is 5.92 Å². The van der Waals surface area contributed by atoms with E-state index in [-0.39, 0.29) is 12.6 Å². The van der Waals surface area contributed by atoms with Crippen LogP contribution in [0.2, 0.25) is 0 Å². The maximum Gasteiger partial charge on any atom is 0.222 e. The maximum absolute atomic E-state index is 9.17. The first kappa shape index (κ1) is 22.5. The van der Waals surface area contributed by atoms with Gasteiger partial charge >= 0.3 is 0 Å². The zero-order chi connectivity index (χ0) is 20.9. The van der Waals surface area contributed by atoms with Crippen molar-refractivity contribution in [2.24, 2.45) is 5.92 Å². The number of rotatable bonds is 13. The molecule has 1 aromatic carbocycles. The van der Waals surface area contributed by atoms with Crippen LogP contribution in [0.5, 0.6) is 11.5 Å². The van der Waals surface area contributed by atoms with Gasteiger partial charge in [-0.25, -0.2) is 4.98 Å². The minimum atomic E-state index is 0.179. The number of hydrogen-bond acceptors (Lipinski definition) is 7. The molecule has 158 valence electrons. The third kappa shape index (κ3) is 7.99. The minimum absolute atomic E-state index is 0.179. The predicted molar refractivity (Wildman–Crippen MR) is 116 cm³/mol. The highest BCUT2D eigenvalue weighted by Crippen LogP contribution is 2.22. The molecule has 1 atom stereocenters. The molecule has 29 heavy (non-hydrogen) atoms. The average Bonchev–Trinajstić information content (AvgIpc) is 2.73. The Hall–Kier alpha value is -2.80. The van der Waals surface area contributed by atoms with E-state index in [0.717, 1.165) is 37.9 Å². The Kier molecular flexibility index (Phi) is 9.78. The number of anilines is 2. The molecule has 0 saturated carbocycles. The van der Waals surface area contributed by atoms with Crippen molar-refractivity contribution in [2.45, 2.75) is 39.0 Å². The molecule has 0 aliphatic heterocycles. The summed E-state index contributed by atoms with van der Waals surface area (Å²) in [7, 11) is 1.66. The van der Waals surface area contributed by atoms with Gasteiger partial charge in [0.1, 0.15) is 5.75 Å². The smallest absolute Gasteiger partial charge is 0.222 e. The number of ether oxygens (including phenoxy) is 2. The van der Waals surface area contributed by atoms with Crippen molar-refractivity contribution >= 4 is 11.8 Å². The second kappa shape index (κ2) is 12.6. The second-order valence-corrected chi connectivity index (χ2v) is 6.81. The minimum Gasteiger partial charge on any atom is -0.497 e. The van der Waals surface area contributed by atoms with E-state index in [1.807, 2.05) is 24.4 Å². The molecule has 7 heteroatoms. The Morgan fingerprint density at radius 2 is 2.03 bits per heavy atom. The number of aliphatic hydroxyl groups excluding tert-OH is 1. The van der Waals surface area contributed by atoms with Gasteiger partial charge in [0, 0.05) is 6.61 Å². The lowest BCUT2D eigenvalue weighted by molar-refractivity contribution is 0.266. The van der Waals surface area contributed by atoms with Crippen LogP contribution >= 0.6 is 0 Å². The fourth-order valence-corrected chi connectivity index (χ4v) is 2.98. The molecule has 7 nitrogen and oxygen atoms in total. The first-order chi connectivity index (χ1) is 14.2. The van der Waals surface area contributed by atoms with Crippen LogP contribution in [0.25, 0.3) is 0 Å². The number of hydrogen-bond donors (Lipinski definition) is 3. The zero-order valence-electron chi connectivity index (χ0n) is 17.3. The number of nitrogen functional groups attached to an aromatic ring is 1. The zero-order valence-corrected chi connectivity index (χ0v) is 17.3. The Balaban J connectivity index is 1.88. The van der Waals surface area contributed by atoms with E-state index < -0.39 is 0 Å². The Bertz CT molecular complexity index is 744. The lowest BCUT2D eigenvalue weighted by atomic mass is 10.0. The number of benzene rings is 1. The molecule has 4 N–H and O–H groups in total. The molecule has 1 aromatic heterocycles. The number of nitrogens with zero attached hydrogens (tertiary/aromatic N) is 2. The predicted octanol–water partition coefficient (Wildman–Crippen LogP) is 3.80. The molecule has 0 unspecified atom stereocenters. The molecule has 0 saturated heterocycles. The van der Waals surface area contributed by atoms with Crippen LogP contribution in [-0.2, 0) is 6.42 Å². The van der Waals surface area contributed by atoms with E-state index in [4.69, 9.17) is 15.2 Å². The molecule has 0 amide bonds. The standard InChI is InChI=1S/C22H32N4O3/c1-3-5-17(12-14-27)11-13-24-21-20(16-25-22(23)26-21)29-15-4-6-18-7-9-19(28-2)10-8-18/h7-11,13,16-17,27H,3-6,12,14-15H2,1-2H3,(H3,23,24,25,26)/b13-11+/t17-/m1/s1. The van der Waals surface area contributed by atoms with Crippen molar-refractivity contribution in [1.82, 2.24) is 9.97 Å². The van der Waals surface area contributed by atoms with Crippen molar-refractivity contribution in [2.75, 3.05) is 31.4 Å². The van der Waals surface area contributed by atoms with Gasteiger partial charge in [0.05, 0.1) is 19.9 Å². The first-order valence-electron chi connectivity index (χ1n) is 10.1. The average molecular weight is 401 g/mol. The van der Waals surface area contributed by atoms with Crippen LogP contribution < -0.4 is 20.5 Å². The Morgan fingerprint density at radius 1 is 1.24 bits per heavy atom. The summed E-state index contributed by atoms with van der Waals surface area (Å²) >= 11 is 0.